The number of likely N-dealkylation sites (N-methyl/N-ethyl adjacent to an activating group) is 1. The molecule has 0 aliphatic carbocycles. The van der Waals surface area contributed by atoms with Gasteiger partial charge in [-0.1, -0.05) is 42.8 Å². The smallest absolute Gasteiger partial charge is 0.191 e. The van der Waals surface area contributed by atoms with Crippen molar-refractivity contribution < 1.29 is 0 Å². The molecule has 2 aromatic rings. The maximum Gasteiger partial charge on any atom is 0.191 e. The van der Waals surface area contributed by atoms with Gasteiger partial charge in [-0.05, 0) is 37.1 Å². The van der Waals surface area contributed by atoms with E-state index < -0.39 is 0 Å². The van der Waals surface area contributed by atoms with Gasteiger partial charge >= 0.3 is 0 Å². The lowest BCUT2D eigenvalue weighted by Gasteiger charge is -2.33. The molecule has 0 spiro atoms. The van der Waals surface area contributed by atoms with Gasteiger partial charge in [0.05, 0.1) is 0 Å². The average Bonchev–Trinajstić information content (AvgIpc) is 2.75. The molecule has 1 atom stereocenters. The summed E-state index contributed by atoms with van der Waals surface area (Å²) in [5.74, 6) is 2.29. The van der Waals surface area contributed by atoms with Crippen molar-refractivity contribution in [1.82, 2.24) is 20.5 Å². The van der Waals surface area contributed by atoms with Gasteiger partial charge in [0, 0.05) is 52.5 Å². The van der Waals surface area contributed by atoms with Crippen LogP contribution in [0.5, 0.6) is 0 Å². The molecule has 2 N–H and O–H groups in total. The SMILES string of the molecule is CN=C(NCc1ccc(N2CCN(C)CC2)nc1)NCC(C)c1ccc(C)cc1. The predicted octanol–water partition coefficient (Wildman–Crippen LogP) is 2.61. The van der Waals surface area contributed by atoms with E-state index in [0.29, 0.717) is 12.5 Å². The van der Waals surface area contributed by atoms with Crippen LogP contribution < -0.4 is 15.5 Å². The fourth-order valence-corrected chi connectivity index (χ4v) is 3.41. The van der Waals surface area contributed by atoms with Gasteiger partial charge < -0.3 is 20.4 Å². The Labute approximate surface area is 175 Å². The van der Waals surface area contributed by atoms with E-state index in [-0.39, 0.29) is 0 Å². The topological polar surface area (TPSA) is 55.8 Å². The Morgan fingerprint density at radius 2 is 1.79 bits per heavy atom. The van der Waals surface area contributed by atoms with Crippen molar-refractivity contribution in [2.24, 2.45) is 4.99 Å². The lowest BCUT2D eigenvalue weighted by molar-refractivity contribution is 0.312. The van der Waals surface area contributed by atoms with Gasteiger partial charge in [-0.25, -0.2) is 4.98 Å². The quantitative estimate of drug-likeness (QED) is 0.583. The average molecular weight is 395 g/mol. The first-order valence-electron chi connectivity index (χ1n) is 10.4. The van der Waals surface area contributed by atoms with E-state index in [9.17, 15) is 0 Å². The second-order valence-electron chi connectivity index (χ2n) is 7.93. The van der Waals surface area contributed by atoms with Gasteiger partial charge in [-0.3, -0.25) is 4.99 Å². The molecule has 2 heterocycles. The van der Waals surface area contributed by atoms with E-state index in [1.165, 1.54) is 11.1 Å². The number of guanidine groups is 1. The molecule has 0 amide bonds. The molecular weight excluding hydrogens is 360 g/mol. The number of rotatable bonds is 6. The molecule has 1 aliphatic heterocycles. The van der Waals surface area contributed by atoms with E-state index in [1.54, 1.807) is 7.05 Å². The van der Waals surface area contributed by atoms with Crippen LogP contribution in [0.25, 0.3) is 0 Å². The number of anilines is 1. The molecule has 0 radical (unpaired) electrons. The molecule has 0 saturated carbocycles. The largest absolute Gasteiger partial charge is 0.356 e. The highest BCUT2D eigenvalue weighted by Crippen LogP contribution is 2.15. The van der Waals surface area contributed by atoms with Gasteiger partial charge in [-0.15, -0.1) is 0 Å². The summed E-state index contributed by atoms with van der Waals surface area (Å²) in [4.78, 5) is 13.7. The van der Waals surface area contributed by atoms with Gasteiger partial charge in [0.2, 0.25) is 0 Å². The zero-order valence-electron chi connectivity index (χ0n) is 18.2. The van der Waals surface area contributed by atoms with E-state index in [0.717, 1.165) is 50.1 Å². The number of nitrogens with one attached hydrogen (secondary N) is 2. The second-order valence-corrected chi connectivity index (χ2v) is 7.93. The summed E-state index contributed by atoms with van der Waals surface area (Å²) >= 11 is 0. The summed E-state index contributed by atoms with van der Waals surface area (Å²) in [5.41, 5.74) is 3.78. The van der Waals surface area contributed by atoms with Crippen LogP contribution in [0.15, 0.2) is 47.6 Å². The number of aliphatic imine (C=N–C) groups is 1. The third kappa shape index (κ3) is 6.19. The lowest BCUT2D eigenvalue weighted by atomic mass is 10.0. The first-order chi connectivity index (χ1) is 14.0. The zero-order valence-corrected chi connectivity index (χ0v) is 18.2. The summed E-state index contributed by atoms with van der Waals surface area (Å²) in [6.45, 7) is 10.1. The molecule has 0 bridgehead atoms. The normalized spacial score (nSPS) is 16.6. The van der Waals surface area contributed by atoms with Crippen LogP contribution in [0.3, 0.4) is 0 Å². The van der Waals surface area contributed by atoms with Crippen LogP contribution in [0.4, 0.5) is 5.82 Å². The molecule has 29 heavy (non-hydrogen) atoms. The summed E-state index contributed by atoms with van der Waals surface area (Å²) in [5, 5.41) is 6.81. The molecule has 6 nitrogen and oxygen atoms in total. The van der Waals surface area contributed by atoms with Crippen LogP contribution >= 0.6 is 0 Å². The lowest BCUT2D eigenvalue weighted by Crippen LogP contribution is -2.44. The van der Waals surface area contributed by atoms with Crippen molar-refractivity contribution in [2.45, 2.75) is 26.3 Å². The Morgan fingerprint density at radius 1 is 1.07 bits per heavy atom. The number of hydrogen-bond donors (Lipinski definition) is 2. The van der Waals surface area contributed by atoms with Crippen molar-refractivity contribution in [3.05, 3.63) is 59.3 Å². The van der Waals surface area contributed by atoms with Crippen LogP contribution in [0.1, 0.15) is 29.5 Å². The van der Waals surface area contributed by atoms with Gasteiger partial charge in [-0.2, -0.15) is 0 Å². The number of nitrogens with zero attached hydrogens (tertiary/aromatic N) is 4. The Hall–Kier alpha value is -2.60. The van der Waals surface area contributed by atoms with Crippen LogP contribution in [-0.2, 0) is 6.54 Å². The minimum absolute atomic E-state index is 0.415. The number of pyridine rings is 1. The van der Waals surface area contributed by atoms with Crippen LogP contribution in [-0.4, -0.2) is 62.7 Å². The summed E-state index contributed by atoms with van der Waals surface area (Å²) in [7, 11) is 3.97. The highest BCUT2D eigenvalue weighted by molar-refractivity contribution is 5.79. The molecule has 1 fully saturated rings. The summed E-state index contributed by atoms with van der Waals surface area (Å²) in [6.07, 6.45) is 1.96. The first-order valence-corrected chi connectivity index (χ1v) is 10.4. The minimum atomic E-state index is 0.415. The number of aromatic nitrogens is 1. The zero-order chi connectivity index (χ0) is 20.6. The van der Waals surface area contributed by atoms with Gasteiger partial charge in [0.1, 0.15) is 5.82 Å². The third-order valence-corrected chi connectivity index (χ3v) is 5.54. The monoisotopic (exact) mass is 394 g/mol. The fraction of sp³-hybridized carbons (Fsp3) is 0.478. The van der Waals surface area contributed by atoms with Crippen molar-refractivity contribution in [2.75, 3.05) is 51.7 Å². The summed E-state index contributed by atoms with van der Waals surface area (Å²) in [6, 6.07) is 13.0. The van der Waals surface area contributed by atoms with Crippen LogP contribution in [0.2, 0.25) is 0 Å². The molecule has 3 rings (SSSR count). The maximum atomic E-state index is 4.66. The molecule has 156 valence electrons. The van der Waals surface area contributed by atoms with E-state index in [2.05, 4.69) is 87.7 Å². The van der Waals surface area contributed by atoms with Crippen molar-refractivity contribution in [3.63, 3.8) is 0 Å². The van der Waals surface area contributed by atoms with Gasteiger partial charge in [0.25, 0.3) is 0 Å². The number of benzene rings is 1. The van der Waals surface area contributed by atoms with E-state index in [1.807, 2.05) is 6.20 Å². The second kappa shape index (κ2) is 10.3. The molecule has 1 unspecified atom stereocenters. The number of piperazine rings is 1. The minimum Gasteiger partial charge on any atom is -0.356 e. The molecule has 1 aromatic heterocycles. The third-order valence-electron chi connectivity index (χ3n) is 5.54. The van der Waals surface area contributed by atoms with Crippen molar-refractivity contribution >= 4 is 11.8 Å². The van der Waals surface area contributed by atoms with Crippen molar-refractivity contribution in [3.8, 4) is 0 Å². The molecular formula is C23H34N6. The molecule has 1 aliphatic rings. The van der Waals surface area contributed by atoms with E-state index in [4.69, 9.17) is 0 Å². The number of aryl methyl sites for hydroxylation is 1. The van der Waals surface area contributed by atoms with Gasteiger partial charge in [0.15, 0.2) is 5.96 Å². The Morgan fingerprint density at radius 3 is 2.41 bits per heavy atom. The molecule has 1 aromatic carbocycles. The Bertz CT molecular complexity index is 776. The predicted molar refractivity (Wildman–Crippen MR) is 122 cm³/mol. The van der Waals surface area contributed by atoms with Crippen molar-refractivity contribution in [1.29, 1.82) is 0 Å². The Balaban J connectivity index is 1.46. The van der Waals surface area contributed by atoms with E-state index >= 15 is 0 Å². The summed E-state index contributed by atoms with van der Waals surface area (Å²) < 4.78 is 0. The molecule has 6 heteroatoms. The fourth-order valence-electron chi connectivity index (χ4n) is 3.41. The van der Waals surface area contributed by atoms with Crippen LogP contribution in [0, 0.1) is 6.92 Å². The highest BCUT2D eigenvalue weighted by Gasteiger charge is 2.15. The highest BCUT2D eigenvalue weighted by atomic mass is 15.3. The maximum absolute atomic E-state index is 4.66. The first kappa shape index (κ1) is 21.1. The number of hydrogen-bond acceptors (Lipinski definition) is 4. The molecule has 1 saturated heterocycles. The standard InChI is InChI=1S/C23H34N6/c1-18-5-8-21(9-6-18)19(2)15-26-23(24-3)27-17-20-7-10-22(25-16-20)29-13-11-28(4)12-14-29/h5-10,16,19H,11-15,17H2,1-4H3,(H2,24,26,27). The Kier molecular flexibility index (Phi) is 7.47.